The average Bonchev–Trinajstić information content (AvgIpc) is 2.70. The molecular weight excluding hydrogens is 364 g/mol. The van der Waals surface area contributed by atoms with Crippen molar-refractivity contribution in [1.82, 2.24) is 4.31 Å². The van der Waals surface area contributed by atoms with E-state index in [9.17, 15) is 13.2 Å². The molecule has 1 heterocycles. The molecule has 0 aromatic heterocycles. The number of nitrogens with zero attached hydrogens (tertiary/aromatic N) is 1. The first-order chi connectivity index (χ1) is 13.0. The fourth-order valence-electron chi connectivity index (χ4n) is 2.74. The van der Waals surface area contributed by atoms with E-state index >= 15 is 0 Å². The number of ether oxygens (including phenoxy) is 1. The molecule has 6 nitrogen and oxygen atoms in total. The van der Waals surface area contributed by atoms with E-state index in [0.717, 1.165) is 5.56 Å². The van der Waals surface area contributed by atoms with Crippen LogP contribution in [0.5, 0.6) is 0 Å². The summed E-state index contributed by atoms with van der Waals surface area (Å²) in [5, 5.41) is 2.78. The van der Waals surface area contributed by atoms with Gasteiger partial charge in [-0.3, -0.25) is 4.79 Å². The van der Waals surface area contributed by atoms with Gasteiger partial charge >= 0.3 is 0 Å². The highest BCUT2D eigenvalue weighted by Gasteiger charge is 2.26. The minimum Gasteiger partial charge on any atom is -0.379 e. The third-order valence-corrected chi connectivity index (χ3v) is 6.17. The van der Waals surface area contributed by atoms with Crippen LogP contribution < -0.4 is 5.32 Å². The summed E-state index contributed by atoms with van der Waals surface area (Å²) in [6, 6.07) is 15.8. The summed E-state index contributed by atoms with van der Waals surface area (Å²) in [6.45, 7) is 3.25. The van der Waals surface area contributed by atoms with E-state index in [1.54, 1.807) is 25.1 Å². The van der Waals surface area contributed by atoms with Crippen molar-refractivity contribution in [3.8, 4) is 0 Å². The standard InChI is InChI=1S/C20H22N2O4S/c1-16(15-17-5-3-2-4-6-17)20(23)21-18-7-9-19(10-8-18)27(24,25)22-11-13-26-14-12-22/h2-10,15H,11-14H2,1H3,(H,21,23)/b16-15+. The van der Waals surface area contributed by atoms with Gasteiger partial charge in [0, 0.05) is 24.4 Å². The Bertz CT molecular complexity index is 916. The molecule has 0 atom stereocenters. The quantitative estimate of drug-likeness (QED) is 0.802. The lowest BCUT2D eigenvalue weighted by Gasteiger charge is -2.26. The molecule has 1 amide bonds. The lowest BCUT2D eigenvalue weighted by molar-refractivity contribution is -0.112. The molecule has 0 aliphatic carbocycles. The molecule has 1 N–H and O–H groups in total. The van der Waals surface area contributed by atoms with Gasteiger partial charge in [0.1, 0.15) is 0 Å². The van der Waals surface area contributed by atoms with Gasteiger partial charge in [-0.15, -0.1) is 0 Å². The van der Waals surface area contributed by atoms with Gasteiger partial charge in [-0.2, -0.15) is 4.31 Å². The summed E-state index contributed by atoms with van der Waals surface area (Å²) in [7, 11) is -3.54. The number of carbonyl (C=O) groups excluding carboxylic acids is 1. The van der Waals surface area contributed by atoms with E-state index in [2.05, 4.69) is 5.32 Å². The zero-order valence-corrected chi connectivity index (χ0v) is 15.9. The number of carbonyl (C=O) groups is 1. The smallest absolute Gasteiger partial charge is 0.251 e. The van der Waals surface area contributed by atoms with Crippen molar-refractivity contribution >= 4 is 27.7 Å². The van der Waals surface area contributed by atoms with Crippen molar-refractivity contribution in [2.24, 2.45) is 0 Å². The highest BCUT2D eigenvalue weighted by atomic mass is 32.2. The Balaban J connectivity index is 1.68. The number of benzene rings is 2. The van der Waals surface area contributed by atoms with Crippen molar-refractivity contribution in [2.45, 2.75) is 11.8 Å². The summed E-state index contributed by atoms with van der Waals surface area (Å²) in [6.07, 6.45) is 1.80. The lowest BCUT2D eigenvalue weighted by Crippen LogP contribution is -2.40. The SMILES string of the molecule is C/C(=C\c1ccccc1)C(=O)Nc1ccc(S(=O)(=O)N2CCOCC2)cc1. The van der Waals surface area contributed by atoms with Crippen LogP contribution in [0.25, 0.3) is 6.08 Å². The van der Waals surface area contributed by atoms with Gasteiger partial charge in [0.15, 0.2) is 0 Å². The Morgan fingerprint density at radius 1 is 1.04 bits per heavy atom. The van der Waals surface area contributed by atoms with Gasteiger partial charge in [0.25, 0.3) is 5.91 Å². The maximum absolute atomic E-state index is 12.6. The molecule has 1 fully saturated rings. The van der Waals surface area contributed by atoms with Gasteiger partial charge in [-0.25, -0.2) is 8.42 Å². The normalized spacial score (nSPS) is 16.1. The van der Waals surface area contributed by atoms with Crippen LogP contribution in [0.15, 0.2) is 65.1 Å². The van der Waals surface area contributed by atoms with E-state index < -0.39 is 10.0 Å². The number of sulfonamides is 1. The van der Waals surface area contributed by atoms with Crippen molar-refractivity contribution in [3.63, 3.8) is 0 Å². The topological polar surface area (TPSA) is 75.7 Å². The summed E-state index contributed by atoms with van der Waals surface area (Å²) in [5.41, 5.74) is 2.05. The van der Waals surface area contributed by atoms with E-state index in [1.807, 2.05) is 30.3 Å². The van der Waals surface area contributed by atoms with Crippen molar-refractivity contribution < 1.29 is 17.9 Å². The highest BCUT2D eigenvalue weighted by molar-refractivity contribution is 7.89. The Labute approximate surface area is 159 Å². The fourth-order valence-corrected chi connectivity index (χ4v) is 4.15. The third kappa shape index (κ3) is 4.82. The first-order valence-corrected chi connectivity index (χ1v) is 10.1. The van der Waals surface area contributed by atoms with Crippen LogP contribution in [0.2, 0.25) is 0 Å². The van der Waals surface area contributed by atoms with E-state index in [4.69, 9.17) is 4.74 Å². The van der Waals surface area contributed by atoms with Crippen LogP contribution >= 0.6 is 0 Å². The summed E-state index contributed by atoms with van der Waals surface area (Å²) >= 11 is 0. The van der Waals surface area contributed by atoms with Gasteiger partial charge in [0.05, 0.1) is 18.1 Å². The first-order valence-electron chi connectivity index (χ1n) is 8.69. The molecule has 2 aromatic carbocycles. The van der Waals surface area contributed by atoms with Crippen LogP contribution in [0, 0.1) is 0 Å². The Hall–Kier alpha value is -2.48. The number of anilines is 1. The molecule has 0 bridgehead atoms. The Morgan fingerprint density at radius 3 is 2.30 bits per heavy atom. The van der Waals surface area contributed by atoms with Crippen LogP contribution in [0.1, 0.15) is 12.5 Å². The summed E-state index contributed by atoms with van der Waals surface area (Å²) < 4.78 is 31.8. The lowest BCUT2D eigenvalue weighted by atomic mass is 10.1. The number of hydrogen-bond donors (Lipinski definition) is 1. The van der Waals surface area contributed by atoms with Crippen molar-refractivity contribution in [1.29, 1.82) is 0 Å². The molecule has 1 saturated heterocycles. The Kier molecular flexibility index (Phi) is 6.05. The zero-order valence-electron chi connectivity index (χ0n) is 15.1. The molecule has 142 valence electrons. The zero-order chi connectivity index (χ0) is 19.3. The number of morpholine rings is 1. The molecule has 1 aliphatic rings. The molecule has 0 saturated carbocycles. The second-order valence-electron chi connectivity index (χ2n) is 6.23. The molecule has 27 heavy (non-hydrogen) atoms. The fraction of sp³-hybridized carbons (Fsp3) is 0.250. The minimum absolute atomic E-state index is 0.207. The highest BCUT2D eigenvalue weighted by Crippen LogP contribution is 2.20. The second kappa shape index (κ2) is 8.47. The predicted octanol–water partition coefficient (Wildman–Crippen LogP) is 2.75. The molecule has 0 radical (unpaired) electrons. The number of nitrogens with one attached hydrogen (secondary N) is 1. The molecule has 1 aliphatic heterocycles. The molecule has 0 spiro atoms. The van der Waals surface area contributed by atoms with E-state index in [0.29, 0.717) is 37.6 Å². The third-order valence-electron chi connectivity index (χ3n) is 4.26. The number of hydrogen-bond acceptors (Lipinski definition) is 4. The number of rotatable bonds is 5. The minimum atomic E-state index is -3.54. The molecule has 0 unspecified atom stereocenters. The van der Waals surface area contributed by atoms with Crippen molar-refractivity contribution in [2.75, 3.05) is 31.6 Å². The summed E-state index contributed by atoms with van der Waals surface area (Å²) in [5.74, 6) is -0.234. The monoisotopic (exact) mass is 386 g/mol. The predicted molar refractivity (Wildman–Crippen MR) is 105 cm³/mol. The van der Waals surface area contributed by atoms with E-state index in [-0.39, 0.29) is 10.8 Å². The van der Waals surface area contributed by atoms with Gasteiger partial charge < -0.3 is 10.1 Å². The molecular formula is C20H22N2O4S. The first kappa shape index (κ1) is 19.3. The average molecular weight is 386 g/mol. The molecule has 2 aromatic rings. The number of amides is 1. The van der Waals surface area contributed by atoms with E-state index in [1.165, 1.54) is 16.4 Å². The van der Waals surface area contributed by atoms with Gasteiger partial charge in [-0.05, 0) is 42.8 Å². The van der Waals surface area contributed by atoms with Crippen LogP contribution in [-0.4, -0.2) is 44.9 Å². The van der Waals surface area contributed by atoms with Crippen LogP contribution in [0.3, 0.4) is 0 Å². The second-order valence-corrected chi connectivity index (χ2v) is 8.17. The molecule has 7 heteroatoms. The van der Waals surface area contributed by atoms with Crippen LogP contribution in [0.4, 0.5) is 5.69 Å². The van der Waals surface area contributed by atoms with Gasteiger partial charge in [0.2, 0.25) is 10.0 Å². The van der Waals surface area contributed by atoms with Crippen molar-refractivity contribution in [3.05, 3.63) is 65.7 Å². The largest absolute Gasteiger partial charge is 0.379 e. The maximum atomic E-state index is 12.6. The maximum Gasteiger partial charge on any atom is 0.251 e. The van der Waals surface area contributed by atoms with Crippen LogP contribution in [-0.2, 0) is 19.6 Å². The van der Waals surface area contributed by atoms with Gasteiger partial charge in [-0.1, -0.05) is 30.3 Å². The molecule has 3 rings (SSSR count). The Morgan fingerprint density at radius 2 is 1.67 bits per heavy atom. The summed E-state index contributed by atoms with van der Waals surface area (Å²) in [4.78, 5) is 12.5.